The summed E-state index contributed by atoms with van der Waals surface area (Å²) < 4.78 is 1.07. The molecule has 1 nitrogen and oxygen atoms in total. The highest BCUT2D eigenvalue weighted by molar-refractivity contribution is 9.10. The fourth-order valence-electron chi connectivity index (χ4n) is 1.99. The van der Waals surface area contributed by atoms with Gasteiger partial charge in [0.15, 0.2) is 0 Å². The van der Waals surface area contributed by atoms with Crippen molar-refractivity contribution in [1.82, 2.24) is 0 Å². The van der Waals surface area contributed by atoms with Crippen molar-refractivity contribution in [2.75, 3.05) is 0 Å². The Kier molecular flexibility index (Phi) is 3.28. The van der Waals surface area contributed by atoms with Gasteiger partial charge in [0.25, 0.3) is 0 Å². The topological polar surface area (TPSA) is 20.2 Å². The first kappa shape index (κ1) is 12.6. The number of fused-ring (bicyclic) bond motifs is 1. The zero-order chi connectivity index (χ0) is 12.6. The molecule has 0 heterocycles. The van der Waals surface area contributed by atoms with Gasteiger partial charge in [-0.2, -0.15) is 0 Å². The lowest BCUT2D eigenvalue weighted by molar-refractivity contribution is 0.0639. The van der Waals surface area contributed by atoms with Crippen molar-refractivity contribution in [1.29, 1.82) is 0 Å². The van der Waals surface area contributed by atoms with Gasteiger partial charge in [-0.05, 0) is 27.8 Å². The second-order valence-corrected chi connectivity index (χ2v) is 6.31. The van der Waals surface area contributed by atoms with Crippen molar-refractivity contribution in [3.05, 3.63) is 46.4 Å². The summed E-state index contributed by atoms with van der Waals surface area (Å²) in [7, 11) is 0. The van der Waals surface area contributed by atoms with E-state index in [-0.39, 0.29) is 5.41 Å². The number of halogens is 1. The lowest BCUT2D eigenvalue weighted by atomic mass is 9.83. The quantitative estimate of drug-likeness (QED) is 0.809. The summed E-state index contributed by atoms with van der Waals surface area (Å²) in [4.78, 5) is 0. The molecule has 2 heteroatoms. The van der Waals surface area contributed by atoms with E-state index in [9.17, 15) is 5.11 Å². The predicted octanol–water partition coefficient (Wildman–Crippen LogP) is 4.68. The van der Waals surface area contributed by atoms with Crippen LogP contribution >= 0.6 is 15.9 Å². The summed E-state index contributed by atoms with van der Waals surface area (Å²) in [6.07, 6.45) is -0.458. The van der Waals surface area contributed by atoms with Crippen molar-refractivity contribution in [2.24, 2.45) is 5.41 Å². The Hall–Kier alpha value is -0.860. The van der Waals surface area contributed by atoms with Gasteiger partial charge in [0.2, 0.25) is 0 Å². The maximum Gasteiger partial charge on any atom is 0.0844 e. The predicted molar refractivity (Wildman–Crippen MR) is 76.1 cm³/mol. The molecule has 90 valence electrons. The summed E-state index contributed by atoms with van der Waals surface area (Å²) in [6, 6.07) is 12.2. The molecule has 0 amide bonds. The third-order valence-electron chi connectivity index (χ3n) is 3.02. The summed E-state index contributed by atoms with van der Waals surface area (Å²) in [5.74, 6) is 0. The minimum Gasteiger partial charge on any atom is -0.388 e. The Morgan fingerprint density at radius 1 is 1.00 bits per heavy atom. The Morgan fingerprint density at radius 3 is 2.18 bits per heavy atom. The van der Waals surface area contributed by atoms with Crippen LogP contribution in [0.1, 0.15) is 32.4 Å². The first-order chi connectivity index (χ1) is 7.91. The van der Waals surface area contributed by atoms with Crippen molar-refractivity contribution in [3.8, 4) is 0 Å². The molecule has 1 unspecified atom stereocenters. The Balaban J connectivity index is 2.67. The van der Waals surface area contributed by atoms with E-state index in [1.165, 1.54) is 0 Å². The SMILES string of the molecule is CC(C)(C)C(O)c1ccc(Br)c2ccccc12. The summed E-state index contributed by atoms with van der Waals surface area (Å²) in [5, 5.41) is 12.7. The zero-order valence-electron chi connectivity index (χ0n) is 10.4. The highest BCUT2D eigenvalue weighted by Gasteiger charge is 2.25. The van der Waals surface area contributed by atoms with Crippen LogP contribution < -0.4 is 0 Å². The van der Waals surface area contributed by atoms with Gasteiger partial charge in [0, 0.05) is 4.47 Å². The number of aliphatic hydroxyl groups excluding tert-OH is 1. The average Bonchev–Trinajstić information content (AvgIpc) is 2.28. The van der Waals surface area contributed by atoms with Crippen LogP contribution in [0.3, 0.4) is 0 Å². The molecule has 17 heavy (non-hydrogen) atoms. The summed E-state index contributed by atoms with van der Waals surface area (Å²) in [6.45, 7) is 6.15. The van der Waals surface area contributed by atoms with Crippen molar-refractivity contribution in [2.45, 2.75) is 26.9 Å². The van der Waals surface area contributed by atoms with Gasteiger partial charge in [-0.1, -0.05) is 67.0 Å². The molecule has 1 N–H and O–H groups in total. The van der Waals surface area contributed by atoms with Crippen LogP contribution in [-0.2, 0) is 0 Å². The second kappa shape index (κ2) is 4.43. The molecule has 0 bridgehead atoms. The monoisotopic (exact) mass is 292 g/mol. The van der Waals surface area contributed by atoms with E-state index < -0.39 is 6.10 Å². The van der Waals surface area contributed by atoms with Crippen LogP contribution in [-0.4, -0.2) is 5.11 Å². The van der Waals surface area contributed by atoms with Gasteiger partial charge in [-0.3, -0.25) is 0 Å². The molecule has 0 aliphatic rings. The lowest BCUT2D eigenvalue weighted by Crippen LogP contribution is -2.18. The number of benzene rings is 2. The zero-order valence-corrected chi connectivity index (χ0v) is 12.0. The molecule has 0 spiro atoms. The summed E-state index contributed by atoms with van der Waals surface area (Å²) in [5.41, 5.74) is 0.840. The fraction of sp³-hybridized carbons (Fsp3) is 0.333. The average molecular weight is 293 g/mol. The van der Waals surface area contributed by atoms with Crippen LogP contribution in [0.4, 0.5) is 0 Å². The van der Waals surface area contributed by atoms with E-state index in [1.807, 2.05) is 24.3 Å². The fourth-order valence-corrected chi connectivity index (χ4v) is 2.47. The number of hydrogen-bond acceptors (Lipinski definition) is 1. The molecule has 0 aliphatic carbocycles. The van der Waals surface area contributed by atoms with Gasteiger partial charge in [-0.25, -0.2) is 0 Å². The molecule has 2 aromatic carbocycles. The molecule has 0 saturated heterocycles. The highest BCUT2D eigenvalue weighted by atomic mass is 79.9. The van der Waals surface area contributed by atoms with Crippen LogP contribution in [0.15, 0.2) is 40.9 Å². The third kappa shape index (κ3) is 2.38. The standard InChI is InChI=1S/C15H17BrO/c1-15(2,3)14(17)12-8-9-13(16)11-7-5-4-6-10(11)12/h4-9,14,17H,1-3H3. The van der Waals surface area contributed by atoms with Gasteiger partial charge < -0.3 is 5.11 Å². The minimum absolute atomic E-state index is 0.156. The van der Waals surface area contributed by atoms with Crippen molar-refractivity contribution < 1.29 is 5.11 Å². The van der Waals surface area contributed by atoms with Crippen LogP contribution in [0.2, 0.25) is 0 Å². The van der Waals surface area contributed by atoms with Crippen LogP contribution in [0.5, 0.6) is 0 Å². The van der Waals surface area contributed by atoms with Gasteiger partial charge >= 0.3 is 0 Å². The molecule has 0 aliphatic heterocycles. The number of rotatable bonds is 1. The van der Waals surface area contributed by atoms with E-state index in [1.54, 1.807) is 0 Å². The van der Waals surface area contributed by atoms with Gasteiger partial charge in [0.1, 0.15) is 0 Å². The van der Waals surface area contributed by atoms with E-state index in [4.69, 9.17) is 0 Å². The second-order valence-electron chi connectivity index (χ2n) is 5.45. The first-order valence-corrected chi connectivity index (χ1v) is 6.56. The smallest absolute Gasteiger partial charge is 0.0844 e. The van der Waals surface area contributed by atoms with Crippen molar-refractivity contribution in [3.63, 3.8) is 0 Å². The molecular weight excluding hydrogens is 276 g/mol. The Labute approximate surface area is 111 Å². The highest BCUT2D eigenvalue weighted by Crippen LogP contribution is 2.37. The molecule has 0 fully saturated rings. The number of hydrogen-bond donors (Lipinski definition) is 1. The Bertz CT molecular complexity index is 540. The minimum atomic E-state index is -0.458. The Morgan fingerprint density at radius 2 is 1.59 bits per heavy atom. The lowest BCUT2D eigenvalue weighted by Gasteiger charge is -2.27. The van der Waals surface area contributed by atoms with E-state index >= 15 is 0 Å². The van der Waals surface area contributed by atoms with E-state index in [0.29, 0.717) is 0 Å². The molecule has 1 atom stereocenters. The van der Waals surface area contributed by atoms with E-state index in [0.717, 1.165) is 20.8 Å². The maximum atomic E-state index is 10.4. The summed E-state index contributed by atoms with van der Waals surface area (Å²) >= 11 is 3.55. The molecule has 2 aromatic rings. The molecular formula is C15H17BrO. The molecule has 0 saturated carbocycles. The van der Waals surface area contributed by atoms with Gasteiger partial charge in [0.05, 0.1) is 6.10 Å². The van der Waals surface area contributed by atoms with Crippen LogP contribution in [0.25, 0.3) is 10.8 Å². The van der Waals surface area contributed by atoms with E-state index in [2.05, 4.69) is 48.8 Å². The number of aliphatic hydroxyl groups is 1. The largest absolute Gasteiger partial charge is 0.388 e. The normalized spacial score (nSPS) is 13.9. The first-order valence-electron chi connectivity index (χ1n) is 5.76. The molecule has 2 rings (SSSR count). The van der Waals surface area contributed by atoms with Crippen molar-refractivity contribution >= 4 is 26.7 Å². The van der Waals surface area contributed by atoms with Crippen LogP contribution in [0, 0.1) is 5.41 Å². The third-order valence-corrected chi connectivity index (χ3v) is 3.71. The molecule has 0 aromatic heterocycles. The molecule has 0 radical (unpaired) electrons. The maximum absolute atomic E-state index is 10.4. The van der Waals surface area contributed by atoms with Gasteiger partial charge in [-0.15, -0.1) is 0 Å².